The number of nitro groups is 1. The maximum atomic E-state index is 12.7. The molecule has 2 aromatic carbocycles. The highest BCUT2D eigenvalue weighted by molar-refractivity contribution is 9.10. The van der Waals surface area contributed by atoms with E-state index in [1.165, 1.54) is 6.07 Å². The van der Waals surface area contributed by atoms with E-state index in [2.05, 4.69) is 15.9 Å². The smallest absolute Gasteiger partial charge is 0.293 e. The third kappa shape index (κ3) is 3.94. The minimum atomic E-state index is -0.432. The van der Waals surface area contributed by atoms with Crippen molar-refractivity contribution < 1.29 is 14.5 Å². The molecule has 1 fully saturated rings. The minimum absolute atomic E-state index is 0.0116. The van der Waals surface area contributed by atoms with Crippen LogP contribution in [0.1, 0.15) is 29.8 Å². The molecule has 7 heteroatoms. The Balaban J connectivity index is 1.95. The van der Waals surface area contributed by atoms with Crippen LogP contribution >= 0.6 is 15.9 Å². The number of nitro benzene ring substituents is 1. The van der Waals surface area contributed by atoms with Gasteiger partial charge in [0, 0.05) is 34.8 Å². The zero-order valence-electron chi connectivity index (χ0n) is 14.5. The second-order valence-corrected chi connectivity index (χ2v) is 7.37. The number of nitrogens with zero attached hydrogens (tertiary/aromatic N) is 2. The molecular weight excluding hydrogens is 400 g/mol. The summed E-state index contributed by atoms with van der Waals surface area (Å²) in [6.07, 6.45) is -0.0233. The normalized spacial score (nSPS) is 20.0. The Morgan fingerprint density at radius 2 is 1.69 bits per heavy atom. The van der Waals surface area contributed by atoms with E-state index in [1.807, 2.05) is 18.7 Å². The summed E-state index contributed by atoms with van der Waals surface area (Å²) in [4.78, 5) is 25.8. The standard InChI is InChI=1S/C19H19BrN2O4/c1-12-10-21(11-13(2)26-12)17-8-5-15(9-18(17)22(24)25)19(23)14-3-6-16(20)7-4-14/h3-9,12-13H,10-11H2,1-2H3/t12-,13-/m1/s1. The molecule has 1 heterocycles. The van der Waals surface area contributed by atoms with Gasteiger partial charge in [0.1, 0.15) is 5.69 Å². The van der Waals surface area contributed by atoms with Crippen LogP contribution in [0, 0.1) is 10.1 Å². The van der Waals surface area contributed by atoms with Crippen molar-refractivity contribution in [3.8, 4) is 0 Å². The zero-order chi connectivity index (χ0) is 18.8. The van der Waals surface area contributed by atoms with E-state index in [-0.39, 0.29) is 23.7 Å². The first-order valence-corrected chi connectivity index (χ1v) is 9.13. The van der Waals surface area contributed by atoms with Crippen molar-refractivity contribution in [3.63, 3.8) is 0 Å². The van der Waals surface area contributed by atoms with Gasteiger partial charge >= 0.3 is 0 Å². The van der Waals surface area contributed by atoms with E-state index < -0.39 is 4.92 Å². The van der Waals surface area contributed by atoms with Crippen LogP contribution in [0.15, 0.2) is 46.9 Å². The monoisotopic (exact) mass is 418 g/mol. The number of hydrogen-bond donors (Lipinski definition) is 0. The van der Waals surface area contributed by atoms with Crippen LogP contribution in [-0.2, 0) is 4.74 Å². The Kier molecular flexibility index (Phi) is 5.38. The van der Waals surface area contributed by atoms with Gasteiger partial charge in [-0.3, -0.25) is 14.9 Å². The second kappa shape index (κ2) is 7.55. The molecule has 1 aliphatic heterocycles. The van der Waals surface area contributed by atoms with E-state index in [9.17, 15) is 14.9 Å². The number of halogens is 1. The molecule has 1 saturated heterocycles. The molecule has 0 radical (unpaired) electrons. The number of anilines is 1. The van der Waals surface area contributed by atoms with Crippen molar-refractivity contribution in [1.82, 2.24) is 0 Å². The summed E-state index contributed by atoms with van der Waals surface area (Å²) in [5.74, 6) is -0.240. The highest BCUT2D eigenvalue weighted by Gasteiger charge is 2.28. The zero-order valence-corrected chi connectivity index (χ0v) is 16.1. The molecule has 0 aliphatic carbocycles. The lowest BCUT2D eigenvalue weighted by Gasteiger charge is -2.36. The molecule has 0 bridgehead atoms. The van der Waals surface area contributed by atoms with Gasteiger partial charge < -0.3 is 9.64 Å². The molecule has 0 saturated carbocycles. The van der Waals surface area contributed by atoms with Crippen molar-refractivity contribution in [3.05, 3.63) is 68.2 Å². The van der Waals surface area contributed by atoms with Crippen molar-refractivity contribution in [1.29, 1.82) is 0 Å². The minimum Gasteiger partial charge on any atom is -0.372 e. The van der Waals surface area contributed by atoms with Crippen LogP contribution in [0.3, 0.4) is 0 Å². The number of carbonyl (C=O) groups excluding carboxylic acids is 1. The number of hydrogen-bond acceptors (Lipinski definition) is 5. The molecule has 6 nitrogen and oxygen atoms in total. The molecule has 0 spiro atoms. The molecular formula is C19H19BrN2O4. The van der Waals surface area contributed by atoms with Crippen LogP contribution in [0.4, 0.5) is 11.4 Å². The molecule has 26 heavy (non-hydrogen) atoms. The third-order valence-electron chi connectivity index (χ3n) is 4.30. The van der Waals surface area contributed by atoms with Crippen molar-refractivity contribution in [2.24, 2.45) is 0 Å². The largest absolute Gasteiger partial charge is 0.372 e. The Hall–Kier alpha value is -2.25. The number of rotatable bonds is 4. The Labute approximate surface area is 160 Å². The van der Waals surface area contributed by atoms with Crippen molar-refractivity contribution >= 4 is 33.1 Å². The van der Waals surface area contributed by atoms with Crippen LogP contribution in [-0.4, -0.2) is 36.0 Å². The lowest BCUT2D eigenvalue weighted by molar-refractivity contribution is -0.384. The third-order valence-corrected chi connectivity index (χ3v) is 4.83. The van der Waals surface area contributed by atoms with E-state index in [1.54, 1.807) is 36.4 Å². The van der Waals surface area contributed by atoms with Crippen LogP contribution in [0.5, 0.6) is 0 Å². The van der Waals surface area contributed by atoms with Crippen LogP contribution < -0.4 is 4.90 Å². The van der Waals surface area contributed by atoms with E-state index in [0.29, 0.717) is 29.9 Å². The average molecular weight is 419 g/mol. The Bertz CT molecular complexity index is 828. The van der Waals surface area contributed by atoms with E-state index >= 15 is 0 Å². The lowest BCUT2D eigenvalue weighted by atomic mass is 10.0. The van der Waals surface area contributed by atoms with Gasteiger partial charge in [-0.2, -0.15) is 0 Å². The number of benzene rings is 2. The maximum Gasteiger partial charge on any atom is 0.293 e. The first-order valence-electron chi connectivity index (χ1n) is 8.34. The molecule has 0 unspecified atom stereocenters. The van der Waals surface area contributed by atoms with Gasteiger partial charge in [0.2, 0.25) is 0 Å². The summed E-state index contributed by atoms with van der Waals surface area (Å²) < 4.78 is 6.56. The molecule has 3 rings (SSSR count). The molecule has 0 N–H and O–H groups in total. The fourth-order valence-electron chi connectivity index (χ4n) is 3.22. The predicted molar refractivity (Wildman–Crippen MR) is 103 cm³/mol. The Morgan fingerprint density at radius 3 is 2.27 bits per heavy atom. The summed E-state index contributed by atoms with van der Waals surface area (Å²) in [5.41, 5.74) is 1.25. The summed E-state index contributed by atoms with van der Waals surface area (Å²) in [7, 11) is 0. The highest BCUT2D eigenvalue weighted by atomic mass is 79.9. The molecule has 2 aromatic rings. The van der Waals surface area contributed by atoms with Gasteiger partial charge in [-0.1, -0.05) is 15.9 Å². The van der Waals surface area contributed by atoms with Gasteiger partial charge in [-0.05, 0) is 50.2 Å². The fraction of sp³-hybridized carbons (Fsp3) is 0.316. The number of morpholine rings is 1. The first kappa shape index (κ1) is 18.5. The highest BCUT2D eigenvalue weighted by Crippen LogP contribution is 2.32. The fourth-order valence-corrected chi connectivity index (χ4v) is 3.49. The van der Waals surface area contributed by atoms with Crippen molar-refractivity contribution in [2.45, 2.75) is 26.1 Å². The van der Waals surface area contributed by atoms with Crippen molar-refractivity contribution in [2.75, 3.05) is 18.0 Å². The maximum absolute atomic E-state index is 12.7. The summed E-state index contributed by atoms with van der Waals surface area (Å²) in [5, 5.41) is 11.6. The van der Waals surface area contributed by atoms with Gasteiger partial charge in [-0.15, -0.1) is 0 Å². The molecule has 0 aromatic heterocycles. The lowest BCUT2D eigenvalue weighted by Crippen LogP contribution is -2.45. The second-order valence-electron chi connectivity index (χ2n) is 6.46. The van der Waals surface area contributed by atoms with E-state index in [4.69, 9.17) is 4.74 Å². The molecule has 2 atom stereocenters. The summed E-state index contributed by atoms with van der Waals surface area (Å²) in [6, 6.07) is 11.6. The molecule has 1 aliphatic rings. The van der Waals surface area contributed by atoms with Gasteiger partial charge in [0.15, 0.2) is 5.78 Å². The SMILES string of the molecule is C[C@@H]1CN(c2ccc(C(=O)c3ccc(Br)cc3)cc2[N+](=O)[O-])C[C@@H](C)O1. The first-order chi connectivity index (χ1) is 12.3. The van der Waals surface area contributed by atoms with Crippen LogP contribution in [0.25, 0.3) is 0 Å². The summed E-state index contributed by atoms with van der Waals surface area (Å²) in [6.45, 7) is 5.04. The van der Waals surface area contributed by atoms with Gasteiger partial charge in [0.05, 0.1) is 17.1 Å². The van der Waals surface area contributed by atoms with Gasteiger partial charge in [-0.25, -0.2) is 0 Å². The Morgan fingerprint density at radius 1 is 1.12 bits per heavy atom. The average Bonchev–Trinajstić information content (AvgIpc) is 2.60. The molecule has 0 amide bonds. The summed E-state index contributed by atoms with van der Waals surface area (Å²) >= 11 is 3.33. The number of ketones is 1. The van der Waals surface area contributed by atoms with Crippen LogP contribution in [0.2, 0.25) is 0 Å². The molecule has 136 valence electrons. The van der Waals surface area contributed by atoms with E-state index in [0.717, 1.165) is 4.47 Å². The van der Waals surface area contributed by atoms with Gasteiger partial charge in [0.25, 0.3) is 5.69 Å². The quantitative estimate of drug-likeness (QED) is 0.422. The topological polar surface area (TPSA) is 72.7 Å². The predicted octanol–water partition coefficient (Wildman–Crippen LogP) is 4.20. The number of ether oxygens (including phenoxy) is 1. The number of carbonyl (C=O) groups is 1.